The molecule has 0 saturated carbocycles. The molecule has 0 aromatic rings. The zero-order valence-electron chi connectivity index (χ0n) is 57.4. The number of carbonyl (C=O) groups is 4. The van der Waals surface area contributed by atoms with Gasteiger partial charge in [0.25, 0.3) is 0 Å². The van der Waals surface area contributed by atoms with Crippen molar-refractivity contribution in [3.8, 4) is 0 Å². The second-order valence-corrected chi connectivity index (χ2v) is 28.2. The van der Waals surface area contributed by atoms with Gasteiger partial charge in [-0.2, -0.15) is 0 Å². The summed E-state index contributed by atoms with van der Waals surface area (Å²) in [6, 6.07) is 0. The van der Waals surface area contributed by atoms with E-state index in [-0.39, 0.29) is 25.7 Å². The van der Waals surface area contributed by atoms with Gasteiger partial charge in [-0.15, -0.1) is 0 Å². The van der Waals surface area contributed by atoms with Crippen LogP contribution in [-0.4, -0.2) is 96.7 Å². The van der Waals surface area contributed by atoms with E-state index in [1.165, 1.54) is 186 Å². The number of aliphatic hydroxyl groups is 1. The van der Waals surface area contributed by atoms with Gasteiger partial charge < -0.3 is 33.8 Å². The van der Waals surface area contributed by atoms with E-state index in [1.54, 1.807) is 0 Å². The van der Waals surface area contributed by atoms with Crippen LogP contribution in [0, 0.1) is 0 Å². The van der Waals surface area contributed by atoms with E-state index >= 15 is 0 Å². The third kappa shape index (κ3) is 64.6. The molecule has 0 heterocycles. The number of phosphoric acid groups is 2. The summed E-state index contributed by atoms with van der Waals surface area (Å²) in [7, 11) is -9.89. The van der Waals surface area contributed by atoms with E-state index < -0.39 is 97.5 Å². The van der Waals surface area contributed by atoms with Crippen molar-refractivity contribution in [1.29, 1.82) is 0 Å². The molecule has 0 saturated heterocycles. The first-order valence-corrected chi connectivity index (χ1v) is 39.8. The lowest BCUT2D eigenvalue weighted by molar-refractivity contribution is -0.161. The van der Waals surface area contributed by atoms with Gasteiger partial charge in [0.05, 0.1) is 26.4 Å². The van der Waals surface area contributed by atoms with Crippen LogP contribution in [0.1, 0.15) is 368 Å². The predicted octanol–water partition coefficient (Wildman–Crippen LogP) is 20.3. The van der Waals surface area contributed by atoms with Gasteiger partial charge in [0.1, 0.15) is 19.3 Å². The minimum atomic E-state index is -4.95. The van der Waals surface area contributed by atoms with Crippen LogP contribution in [-0.2, 0) is 65.4 Å². The van der Waals surface area contributed by atoms with Crippen LogP contribution in [0.25, 0.3) is 0 Å². The molecular weight excluding hydrogens is 1170 g/mol. The lowest BCUT2D eigenvalue weighted by Crippen LogP contribution is -2.30. The Balaban J connectivity index is 5.16. The fourth-order valence-corrected chi connectivity index (χ4v) is 12.3. The first-order valence-electron chi connectivity index (χ1n) is 36.8. The maximum absolute atomic E-state index is 13.0. The van der Waals surface area contributed by atoms with Gasteiger partial charge in [0.2, 0.25) is 0 Å². The molecule has 0 aliphatic rings. The third-order valence-electron chi connectivity index (χ3n) is 16.4. The lowest BCUT2D eigenvalue weighted by atomic mass is 10.0. The van der Waals surface area contributed by atoms with Crippen LogP contribution in [0.2, 0.25) is 0 Å². The lowest BCUT2D eigenvalue weighted by Gasteiger charge is -2.21. The quantitative estimate of drug-likeness (QED) is 0.0222. The molecule has 528 valence electrons. The Morgan fingerprint density at radius 1 is 0.270 bits per heavy atom. The van der Waals surface area contributed by atoms with E-state index in [0.717, 1.165) is 103 Å². The smallest absolute Gasteiger partial charge is 0.462 e. The summed E-state index contributed by atoms with van der Waals surface area (Å²) in [5.74, 6) is -2.13. The molecule has 0 radical (unpaired) electrons. The molecule has 0 bridgehead atoms. The number of rotatable bonds is 71. The number of esters is 4. The van der Waals surface area contributed by atoms with Crippen LogP contribution in [0.15, 0.2) is 0 Å². The molecule has 0 fully saturated rings. The second-order valence-electron chi connectivity index (χ2n) is 25.3. The molecule has 0 aromatic heterocycles. The summed E-state index contributed by atoms with van der Waals surface area (Å²) in [5.41, 5.74) is 0. The molecule has 3 N–H and O–H groups in total. The fourth-order valence-electron chi connectivity index (χ4n) is 10.7. The van der Waals surface area contributed by atoms with Crippen molar-refractivity contribution in [1.82, 2.24) is 0 Å². The normalized spacial score (nSPS) is 14.0. The van der Waals surface area contributed by atoms with Crippen molar-refractivity contribution in [3.63, 3.8) is 0 Å². The van der Waals surface area contributed by atoms with Gasteiger partial charge in [-0.1, -0.05) is 317 Å². The molecule has 0 spiro atoms. The average molecular weight is 1310 g/mol. The van der Waals surface area contributed by atoms with Gasteiger partial charge in [0.15, 0.2) is 12.2 Å². The van der Waals surface area contributed by atoms with Gasteiger partial charge in [0, 0.05) is 25.7 Å². The highest BCUT2D eigenvalue weighted by Crippen LogP contribution is 2.45. The number of unbranched alkanes of at least 4 members (excludes halogenated alkanes) is 45. The number of ether oxygens (including phenoxy) is 4. The summed E-state index contributed by atoms with van der Waals surface area (Å²) < 4.78 is 68.1. The number of aliphatic hydroxyl groups excluding tert-OH is 1. The van der Waals surface area contributed by atoms with E-state index in [1.807, 2.05) is 0 Å². The molecule has 0 rings (SSSR count). The Kier molecular flexibility index (Phi) is 63.3. The van der Waals surface area contributed by atoms with Crippen molar-refractivity contribution in [2.45, 2.75) is 386 Å². The van der Waals surface area contributed by atoms with Crippen LogP contribution < -0.4 is 0 Å². The van der Waals surface area contributed by atoms with Crippen molar-refractivity contribution in [3.05, 3.63) is 0 Å². The Bertz CT molecular complexity index is 1710. The molecule has 0 aliphatic carbocycles. The van der Waals surface area contributed by atoms with Crippen molar-refractivity contribution in [2.75, 3.05) is 39.6 Å². The topological polar surface area (TPSA) is 237 Å². The number of carbonyl (C=O) groups excluding carboxylic acids is 4. The molecule has 19 heteroatoms. The predicted molar refractivity (Wildman–Crippen MR) is 359 cm³/mol. The molecular formula is C70H136O17P2. The van der Waals surface area contributed by atoms with Gasteiger partial charge >= 0.3 is 39.5 Å². The molecule has 0 amide bonds. The SMILES string of the molecule is CCCCCCCCCCCCCCCCCCCCCC(=O)O[C@H](COC(=O)CCCCCCCCCCCCCCC)COP(=O)(O)OC[C@@H](O)COP(=O)(O)OC[C@@H](COC(=O)CCCCCCCCC)OC(=O)CCCCCCCCCCCC. The maximum Gasteiger partial charge on any atom is 0.472 e. The number of hydrogen-bond acceptors (Lipinski definition) is 15. The zero-order valence-corrected chi connectivity index (χ0v) is 59.2. The van der Waals surface area contributed by atoms with Crippen molar-refractivity contribution in [2.24, 2.45) is 0 Å². The minimum absolute atomic E-state index is 0.107. The highest BCUT2D eigenvalue weighted by Gasteiger charge is 2.30. The zero-order chi connectivity index (χ0) is 65.4. The highest BCUT2D eigenvalue weighted by atomic mass is 31.2. The Hall–Kier alpha value is -1.94. The Morgan fingerprint density at radius 3 is 0.663 bits per heavy atom. The summed E-state index contributed by atoms with van der Waals surface area (Å²) in [4.78, 5) is 72.3. The van der Waals surface area contributed by atoms with Gasteiger partial charge in [-0.3, -0.25) is 37.3 Å². The monoisotopic (exact) mass is 1310 g/mol. The summed E-state index contributed by atoms with van der Waals surface area (Å²) in [6.45, 7) is 4.90. The first kappa shape index (κ1) is 87.1. The Morgan fingerprint density at radius 2 is 0.449 bits per heavy atom. The van der Waals surface area contributed by atoms with E-state index in [2.05, 4.69) is 27.7 Å². The maximum atomic E-state index is 13.0. The molecule has 89 heavy (non-hydrogen) atoms. The van der Waals surface area contributed by atoms with Crippen LogP contribution >= 0.6 is 15.6 Å². The number of phosphoric ester groups is 2. The summed E-state index contributed by atoms with van der Waals surface area (Å²) in [5, 5.41) is 10.6. The molecule has 17 nitrogen and oxygen atoms in total. The van der Waals surface area contributed by atoms with Crippen LogP contribution in [0.3, 0.4) is 0 Å². The average Bonchev–Trinajstić information content (AvgIpc) is 3.58. The van der Waals surface area contributed by atoms with Crippen molar-refractivity contribution < 1.29 is 80.2 Å². The first-order chi connectivity index (χ1) is 43.2. The summed E-state index contributed by atoms with van der Waals surface area (Å²) in [6.07, 6.45) is 52.8. The van der Waals surface area contributed by atoms with Crippen LogP contribution in [0.4, 0.5) is 0 Å². The standard InChI is InChI=1S/C70H136O17P2/c1-5-9-13-17-21-24-27-29-30-31-32-33-34-36-38-41-45-49-53-57-70(75)87-66(61-81-68(73)55-51-47-43-40-37-35-28-25-22-18-14-10-6-2)63-85-89(78,79)83-59-64(71)58-82-88(76,77)84-62-65(60-80-67(72)54-50-46-42-20-16-12-8-4)86-69(74)56-52-48-44-39-26-23-19-15-11-7-3/h64-66,71H,5-63H2,1-4H3,(H,76,77)(H,78,79)/t64-,65+,66+/m0/s1. The van der Waals surface area contributed by atoms with E-state index in [9.17, 15) is 43.2 Å². The highest BCUT2D eigenvalue weighted by molar-refractivity contribution is 7.47. The van der Waals surface area contributed by atoms with E-state index in [0.29, 0.717) is 25.7 Å². The molecule has 2 unspecified atom stereocenters. The second kappa shape index (κ2) is 64.8. The van der Waals surface area contributed by atoms with Crippen molar-refractivity contribution >= 4 is 39.5 Å². The van der Waals surface area contributed by atoms with E-state index in [4.69, 9.17) is 37.0 Å². The molecule has 5 atom stereocenters. The third-order valence-corrected chi connectivity index (χ3v) is 18.3. The largest absolute Gasteiger partial charge is 0.472 e. The minimum Gasteiger partial charge on any atom is -0.462 e. The van der Waals surface area contributed by atoms with Gasteiger partial charge in [-0.05, 0) is 25.7 Å². The molecule has 0 aliphatic heterocycles. The molecule has 0 aromatic carbocycles. The number of hydrogen-bond donors (Lipinski definition) is 3. The Labute approximate surface area is 543 Å². The summed E-state index contributed by atoms with van der Waals surface area (Å²) >= 11 is 0. The fraction of sp³-hybridized carbons (Fsp3) is 0.943. The van der Waals surface area contributed by atoms with Crippen LogP contribution in [0.5, 0.6) is 0 Å². The van der Waals surface area contributed by atoms with Gasteiger partial charge in [-0.25, -0.2) is 9.13 Å².